The van der Waals surface area contributed by atoms with Crippen molar-refractivity contribution in [1.82, 2.24) is 15.0 Å². The van der Waals surface area contributed by atoms with E-state index in [1.807, 2.05) is 39.2 Å². The number of nitrogens with zero attached hydrogens (tertiary/aromatic N) is 3. The summed E-state index contributed by atoms with van der Waals surface area (Å²) in [5.41, 5.74) is 3.73. The van der Waals surface area contributed by atoms with Crippen molar-refractivity contribution < 1.29 is 9.84 Å². The Morgan fingerprint density at radius 1 is 1.28 bits per heavy atom. The summed E-state index contributed by atoms with van der Waals surface area (Å²) in [5, 5.41) is 17.0. The Balaban J connectivity index is 2.14. The Kier molecular flexibility index (Phi) is 3.62. The number of aliphatic hydroxyl groups excluding tert-OH is 1. The molecule has 0 amide bonds. The highest BCUT2D eigenvalue weighted by molar-refractivity contribution is 5.43. The summed E-state index contributed by atoms with van der Waals surface area (Å²) in [6.45, 7) is 4.39. The van der Waals surface area contributed by atoms with E-state index < -0.39 is 0 Å². The first-order valence-electron chi connectivity index (χ1n) is 5.79. The van der Waals surface area contributed by atoms with Gasteiger partial charge in [-0.2, -0.15) is 0 Å². The van der Waals surface area contributed by atoms with Crippen molar-refractivity contribution in [3.63, 3.8) is 0 Å². The lowest BCUT2D eigenvalue weighted by molar-refractivity contribution is 0.279. The molecule has 0 bridgehead atoms. The van der Waals surface area contributed by atoms with Crippen LogP contribution in [0.25, 0.3) is 0 Å². The van der Waals surface area contributed by atoms with Gasteiger partial charge in [0.1, 0.15) is 18.1 Å². The van der Waals surface area contributed by atoms with Crippen LogP contribution in [0.5, 0.6) is 5.75 Å². The van der Waals surface area contributed by atoms with Crippen LogP contribution in [0.1, 0.15) is 22.4 Å². The lowest BCUT2D eigenvalue weighted by Gasteiger charge is -2.12. The molecule has 5 nitrogen and oxygen atoms in total. The number of aryl methyl sites for hydroxylation is 3. The Bertz CT molecular complexity index is 526. The monoisotopic (exact) mass is 247 g/mol. The van der Waals surface area contributed by atoms with Gasteiger partial charge in [0.15, 0.2) is 0 Å². The number of hydrogen-bond acceptors (Lipinski definition) is 4. The summed E-state index contributed by atoms with van der Waals surface area (Å²) in [6.07, 6.45) is 1.83. The topological polar surface area (TPSA) is 60.2 Å². The van der Waals surface area contributed by atoms with Crippen LogP contribution in [0.2, 0.25) is 0 Å². The van der Waals surface area contributed by atoms with Crippen LogP contribution in [-0.4, -0.2) is 20.1 Å². The molecule has 0 aliphatic heterocycles. The van der Waals surface area contributed by atoms with Crippen LogP contribution in [0.4, 0.5) is 0 Å². The van der Waals surface area contributed by atoms with Crippen molar-refractivity contribution in [1.29, 1.82) is 0 Å². The van der Waals surface area contributed by atoms with Gasteiger partial charge in [-0.15, -0.1) is 5.10 Å². The van der Waals surface area contributed by atoms with Crippen molar-refractivity contribution in [2.24, 2.45) is 7.05 Å². The maximum atomic E-state index is 9.13. The van der Waals surface area contributed by atoms with Crippen molar-refractivity contribution in [2.75, 3.05) is 0 Å². The zero-order valence-corrected chi connectivity index (χ0v) is 10.8. The van der Waals surface area contributed by atoms with E-state index in [-0.39, 0.29) is 6.61 Å². The predicted molar refractivity (Wildman–Crippen MR) is 67.2 cm³/mol. The van der Waals surface area contributed by atoms with E-state index in [0.717, 1.165) is 28.1 Å². The van der Waals surface area contributed by atoms with E-state index in [9.17, 15) is 0 Å². The Labute approximate surface area is 106 Å². The quantitative estimate of drug-likeness (QED) is 0.889. The Morgan fingerprint density at radius 2 is 1.94 bits per heavy atom. The van der Waals surface area contributed by atoms with Gasteiger partial charge in [0.25, 0.3) is 0 Å². The number of benzene rings is 1. The van der Waals surface area contributed by atoms with Crippen molar-refractivity contribution in [2.45, 2.75) is 27.1 Å². The molecule has 0 saturated heterocycles. The molecular formula is C13H17N3O2. The molecule has 18 heavy (non-hydrogen) atoms. The molecule has 0 atom stereocenters. The first kappa shape index (κ1) is 12.6. The number of aromatic nitrogens is 3. The molecule has 1 heterocycles. The molecule has 96 valence electrons. The molecule has 2 aromatic rings. The normalized spacial score (nSPS) is 10.7. The summed E-state index contributed by atoms with van der Waals surface area (Å²) in [7, 11) is 1.82. The standard InChI is InChI=1S/C13H17N3O2/c1-9-4-11(7-17)5-10(2)13(9)18-8-12-6-16(3)15-14-12/h4-6,17H,7-8H2,1-3H3. The van der Waals surface area contributed by atoms with Crippen LogP contribution < -0.4 is 4.74 Å². The Morgan fingerprint density at radius 3 is 2.44 bits per heavy atom. The van der Waals surface area contributed by atoms with Gasteiger partial charge in [-0.25, -0.2) is 0 Å². The fourth-order valence-electron chi connectivity index (χ4n) is 1.97. The van der Waals surface area contributed by atoms with Crippen LogP contribution in [-0.2, 0) is 20.3 Å². The molecule has 0 spiro atoms. The smallest absolute Gasteiger partial charge is 0.134 e. The van der Waals surface area contributed by atoms with Crippen LogP contribution in [0.15, 0.2) is 18.3 Å². The largest absolute Gasteiger partial charge is 0.487 e. The molecule has 0 aliphatic rings. The molecule has 1 aromatic heterocycles. The minimum Gasteiger partial charge on any atom is -0.487 e. The average Bonchev–Trinajstić information content (AvgIpc) is 2.73. The molecule has 0 radical (unpaired) electrons. The first-order chi connectivity index (χ1) is 8.60. The van der Waals surface area contributed by atoms with E-state index in [0.29, 0.717) is 6.61 Å². The van der Waals surface area contributed by atoms with Gasteiger partial charge in [0, 0.05) is 7.05 Å². The van der Waals surface area contributed by atoms with Crippen molar-refractivity contribution in [3.8, 4) is 5.75 Å². The molecule has 0 aliphatic carbocycles. The van der Waals surface area contributed by atoms with E-state index >= 15 is 0 Å². The van der Waals surface area contributed by atoms with Crippen molar-refractivity contribution >= 4 is 0 Å². The van der Waals surface area contributed by atoms with Crippen LogP contribution in [0.3, 0.4) is 0 Å². The number of rotatable bonds is 4. The van der Waals surface area contributed by atoms with Gasteiger partial charge in [-0.3, -0.25) is 4.68 Å². The van der Waals surface area contributed by atoms with Crippen LogP contribution in [0, 0.1) is 13.8 Å². The first-order valence-corrected chi connectivity index (χ1v) is 5.79. The predicted octanol–water partition coefficient (Wildman–Crippen LogP) is 1.50. The van der Waals surface area contributed by atoms with Gasteiger partial charge in [0.2, 0.25) is 0 Å². The zero-order chi connectivity index (χ0) is 13.1. The number of ether oxygens (including phenoxy) is 1. The lowest BCUT2D eigenvalue weighted by Crippen LogP contribution is -2.00. The highest BCUT2D eigenvalue weighted by Crippen LogP contribution is 2.25. The molecule has 0 unspecified atom stereocenters. The SMILES string of the molecule is Cc1cc(CO)cc(C)c1OCc1cn(C)nn1. The average molecular weight is 247 g/mol. The zero-order valence-electron chi connectivity index (χ0n) is 10.8. The van der Waals surface area contributed by atoms with E-state index in [4.69, 9.17) is 9.84 Å². The van der Waals surface area contributed by atoms with E-state index in [1.165, 1.54) is 0 Å². The summed E-state index contributed by atoms with van der Waals surface area (Å²) >= 11 is 0. The molecule has 0 saturated carbocycles. The van der Waals surface area contributed by atoms with Gasteiger partial charge in [-0.1, -0.05) is 17.3 Å². The molecule has 1 N–H and O–H groups in total. The highest BCUT2D eigenvalue weighted by atomic mass is 16.5. The summed E-state index contributed by atoms with van der Waals surface area (Å²) < 4.78 is 7.42. The third kappa shape index (κ3) is 2.68. The lowest BCUT2D eigenvalue weighted by atomic mass is 10.1. The third-order valence-corrected chi connectivity index (χ3v) is 2.72. The highest BCUT2D eigenvalue weighted by Gasteiger charge is 2.07. The second kappa shape index (κ2) is 5.18. The summed E-state index contributed by atoms with van der Waals surface area (Å²) in [6, 6.07) is 3.86. The van der Waals surface area contributed by atoms with Crippen molar-refractivity contribution in [3.05, 3.63) is 40.7 Å². The number of aliphatic hydroxyl groups is 1. The number of hydrogen-bond donors (Lipinski definition) is 1. The van der Waals surface area contributed by atoms with Gasteiger partial charge >= 0.3 is 0 Å². The van der Waals surface area contributed by atoms with Gasteiger partial charge in [0.05, 0.1) is 12.8 Å². The molecule has 2 rings (SSSR count). The summed E-state index contributed by atoms with van der Waals surface area (Å²) in [4.78, 5) is 0. The minimum atomic E-state index is 0.0477. The second-order valence-electron chi connectivity index (χ2n) is 4.39. The molecular weight excluding hydrogens is 230 g/mol. The van der Waals surface area contributed by atoms with E-state index in [1.54, 1.807) is 4.68 Å². The molecule has 0 fully saturated rings. The fourth-order valence-corrected chi connectivity index (χ4v) is 1.97. The van der Waals surface area contributed by atoms with Gasteiger partial charge < -0.3 is 9.84 Å². The van der Waals surface area contributed by atoms with Crippen LogP contribution >= 0.6 is 0 Å². The summed E-state index contributed by atoms with van der Waals surface area (Å²) in [5.74, 6) is 0.845. The maximum Gasteiger partial charge on any atom is 0.134 e. The Hall–Kier alpha value is -1.88. The minimum absolute atomic E-state index is 0.0477. The van der Waals surface area contributed by atoms with Gasteiger partial charge in [-0.05, 0) is 30.5 Å². The molecule has 5 heteroatoms. The molecule has 1 aromatic carbocycles. The third-order valence-electron chi connectivity index (χ3n) is 2.72. The van der Waals surface area contributed by atoms with E-state index in [2.05, 4.69) is 10.3 Å². The second-order valence-corrected chi connectivity index (χ2v) is 4.39. The maximum absolute atomic E-state index is 9.13. The fraction of sp³-hybridized carbons (Fsp3) is 0.385.